The van der Waals surface area contributed by atoms with Gasteiger partial charge in [0.2, 0.25) is 0 Å². The van der Waals surface area contributed by atoms with E-state index in [1.165, 1.54) is 0 Å². The van der Waals surface area contributed by atoms with Gasteiger partial charge in [0.1, 0.15) is 25.3 Å². The molecule has 0 saturated carbocycles. The summed E-state index contributed by atoms with van der Waals surface area (Å²) >= 11 is 0. The average molecular weight is 1190 g/mol. The van der Waals surface area contributed by atoms with Crippen molar-refractivity contribution in [1.29, 1.82) is 0 Å². The molecular weight excluding hydrogens is 1130 g/mol. The summed E-state index contributed by atoms with van der Waals surface area (Å²) in [5.74, 6) is 0. The van der Waals surface area contributed by atoms with Crippen LogP contribution >= 0.6 is 0 Å². The molecule has 12 nitrogen and oxygen atoms in total. The highest BCUT2D eigenvalue weighted by atomic mass is 15.2. The molecule has 12 heteroatoms. The first-order valence-electron chi connectivity index (χ1n) is 31.0. The fourth-order valence-corrected chi connectivity index (χ4v) is 14.7. The van der Waals surface area contributed by atoms with Crippen molar-refractivity contribution in [3.8, 4) is 0 Å². The standard InChI is InChI=1S/C80H62N12/c1-47-33-67-63(39-81-43-85-67)51(5)77(47)89(55-21-13-9-14-22-55)71-37-72(90(56-23-15-10-16-24-56)78-48(2)34-68-64(52(78)6)40-82-44-86-68)60-31-32-62-74(92(58-27-19-12-20-28-58)80-50(4)36-70-66(54(80)8)42-84-46-88-70)38-73(61-30-29-59(71)75(60)76(61)62)91(57-25-17-11-18-26-57)79-49(3)35-69-65(53(79)7)41-83-45-87-69/h9-46H,1-8H3. The first-order valence-corrected chi connectivity index (χ1v) is 31.0. The molecule has 0 saturated heterocycles. The lowest BCUT2D eigenvalue weighted by Gasteiger charge is -2.36. The molecule has 0 aliphatic carbocycles. The molecule has 0 unspecified atom stereocenters. The van der Waals surface area contributed by atoms with E-state index in [9.17, 15) is 0 Å². The van der Waals surface area contributed by atoms with Gasteiger partial charge in [0, 0.05) is 101 Å². The number of anilines is 12. The molecule has 16 aromatic rings. The van der Waals surface area contributed by atoms with E-state index in [2.05, 4.69) is 277 Å². The Bertz CT molecular complexity index is 4910. The molecular formula is C80H62N12. The largest absolute Gasteiger partial charge is 0.309 e. The number of hydrogen-bond acceptors (Lipinski definition) is 12. The average Bonchev–Trinajstić information content (AvgIpc) is 0.699. The number of rotatable bonds is 12. The van der Waals surface area contributed by atoms with Crippen molar-refractivity contribution in [1.82, 2.24) is 39.9 Å². The van der Waals surface area contributed by atoms with Crippen LogP contribution < -0.4 is 19.6 Å². The molecule has 0 bridgehead atoms. The highest BCUT2D eigenvalue weighted by Gasteiger charge is 2.33. The lowest BCUT2D eigenvalue weighted by atomic mass is 9.88. The smallest absolute Gasteiger partial charge is 0.116 e. The van der Waals surface area contributed by atoms with Crippen LogP contribution in [0, 0.1) is 55.4 Å². The summed E-state index contributed by atoms with van der Waals surface area (Å²) in [6.45, 7) is 17.7. The summed E-state index contributed by atoms with van der Waals surface area (Å²) in [4.78, 5) is 47.6. The third kappa shape index (κ3) is 8.81. The number of aromatic nitrogens is 8. The third-order valence-corrected chi connectivity index (χ3v) is 18.6. The van der Waals surface area contributed by atoms with Crippen molar-refractivity contribution in [2.24, 2.45) is 0 Å². The zero-order valence-electron chi connectivity index (χ0n) is 52.3. The van der Waals surface area contributed by atoms with Crippen LogP contribution in [0.15, 0.2) is 232 Å². The molecule has 442 valence electrons. The van der Waals surface area contributed by atoms with Crippen molar-refractivity contribution in [2.75, 3.05) is 19.6 Å². The summed E-state index contributed by atoms with van der Waals surface area (Å²) in [5, 5.41) is 10.4. The van der Waals surface area contributed by atoms with Crippen LogP contribution in [0.5, 0.6) is 0 Å². The molecule has 0 fully saturated rings. The maximum atomic E-state index is 4.81. The normalized spacial score (nSPS) is 11.7. The lowest BCUT2D eigenvalue weighted by Crippen LogP contribution is -2.18. The predicted octanol–water partition coefficient (Wildman–Crippen LogP) is 20.7. The Balaban J connectivity index is 1.14. The van der Waals surface area contributed by atoms with Gasteiger partial charge in [-0.15, -0.1) is 0 Å². The first kappa shape index (κ1) is 55.5. The fraction of sp³-hybridized carbons (Fsp3) is 0.100. The van der Waals surface area contributed by atoms with E-state index in [0.29, 0.717) is 0 Å². The highest BCUT2D eigenvalue weighted by molar-refractivity contribution is 6.33. The molecule has 92 heavy (non-hydrogen) atoms. The van der Waals surface area contributed by atoms with Crippen LogP contribution in [0.2, 0.25) is 0 Å². The minimum absolute atomic E-state index is 0.893. The number of aryl methyl sites for hydroxylation is 8. The van der Waals surface area contributed by atoms with E-state index in [-0.39, 0.29) is 0 Å². The molecule has 0 N–H and O–H groups in total. The van der Waals surface area contributed by atoms with Gasteiger partial charge in [-0.05, 0) is 185 Å². The van der Waals surface area contributed by atoms with Crippen LogP contribution in [0.4, 0.5) is 68.2 Å². The minimum Gasteiger partial charge on any atom is -0.309 e. The number of hydrogen-bond donors (Lipinski definition) is 0. The van der Waals surface area contributed by atoms with Crippen LogP contribution in [-0.2, 0) is 0 Å². The monoisotopic (exact) mass is 1190 g/mol. The van der Waals surface area contributed by atoms with E-state index >= 15 is 0 Å². The molecule has 12 aromatic carbocycles. The Morgan fingerprint density at radius 2 is 0.457 bits per heavy atom. The van der Waals surface area contributed by atoms with Crippen LogP contribution in [-0.4, -0.2) is 39.9 Å². The number of fused-ring (bicyclic) bond motifs is 4. The Kier molecular flexibility index (Phi) is 13.3. The van der Waals surface area contributed by atoms with E-state index in [1.807, 2.05) is 24.8 Å². The molecule has 0 spiro atoms. The van der Waals surface area contributed by atoms with Gasteiger partial charge < -0.3 is 19.6 Å². The lowest BCUT2D eigenvalue weighted by molar-refractivity contribution is 1.18. The Morgan fingerprint density at radius 3 is 0.674 bits per heavy atom. The first-order chi connectivity index (χ1) is 45.0. The molecule has 0 amide bonds. The van der Waals surface area contributed by atoms with Crippen molar-refractivity contribution < 1.29 is 0 Å². The van der Waals surface area contributed by atoms with Gasteiger partial charge in [0.25, 0.3) is 0 Å². The number of para-hydroxylation sites is 4. The van der Waals surface area contributed by atoms with Crippen molar-refractivity contribution in [2.45, 2.75) is 55.4 Å². The van der Waals surface area contributed by atoms with Gasteiger partial charge >= 0.3 is 0 Å². The molecule has 16 rings (SSSR count). The molecule has 0 atom stereocenters. The second kappa shape index (κ2) is 22.1. The maximum Gasteiger partial charge on any atom is 0.116 e. The van der Waals surface area contributed by atoms with E-state index in [0.717, 1.165) is 189 Å². The highest BCUT2D eigenvalue weighted by Crippen LogP contribution is 2.57. The zero-order valence-corrected chi connectivity index (χ0v) is 52.3. The SMILES string of the molecule is Cc1cc2ncncc2c(C)c1N(c1ccccc1)c1cc(N(c2ccccc2)c2c(C)cc3ncncc3c2C)c2ccc3c(N(c4ccccc4)c4c(C)cc5ncncc5c4C)cc(N(c4ccccc4)c4c(C)cc5ncncc5c4C)c4ccc1c2c43. The molecule has 0 aliphatic rings. The summed E-state index contributed by atoms with van der Waals surface area (Å²) < 4.78 is 0. The van der Waals surface area contributed by atoms with Gasteiger partial charge in [-0.25, -0.2) is 39.9 Å². The van der Waals surface area contributed by atoms with Crippen molar-refractivity contribution in [3.63, 3.8) is 0 Å². The number of benzene rings is 12. The third-order valence-electron chi connectivity index (χ3n) is 18.6. The fourth-order valence-electron chi connectivity index (χ4n) is 14.7. The van der Waals surface area contributed by atoms with Crippen LogP contribution in [0.3, 0.4) is 0 Å². The second-order valence-corrected chi connectivity index (χ2v) is 24.1. The molecule has 4 heterocycles. The van der Waals surface area contributed by atoms with E-state index in [4.69, 9.17) is 19.9 Å². The zero-order chi connectivity index (χ0) is 62.5. The molecule has 4 aromatic heterocycles. The van der Waals surface area contributed by atoms with Gasteiger partial charge in [-0.3, -0.25) is 0 Å². The van der Waals surface area contributed by atoms with Gasteiger partial charge in [0.15, 0.2) is 0 Å². The second-order valence-electron chi connectivity index (χ2n) is 24.1. The molecule has 0 aliphatic heterocycles. The summed E-state index contributed by atoms with van der Waals surface area (Å²) in [7, 11) is 0. The minimum atomic E-state index is 0.893. The van der Waals surface area contributed by atoms with Gasteiger partial charge in [0.05, 0.1) is 67.6 Å². The number of nitrogens with zero attached hydrogens (tertiary/aromatic N) is 12. The summed E-state index contributed by atoms with van der Waals surface area (Å²) in [6, 6.07) is 66.4. The Hall–Kier alpha value is -11.8. The predicted molar refractivity (Wildman–Crippen MR) is 379 cm³/mol. The molecule has 0 radical (unpaired) electrons. The Morgan fingerprint density at radius 1 is 0.239 bits per heavy atom. The maximum absolute atomic E-state index is 4.81. The quantitative estimate of drug-likeness (QED) is 0.108. The van der Waals surface area contributed by atoms with Gasteiger partial charge in [-0.2, -0.15) is 0 Å². The Labute approximate surface area is 532 Å². The van der Waals surface area contributed by atoms with Crippen LogP contribution in [0.1, 0.15) is 44.5 Å². The van der Waals surface area contributed by atoms with E-state index < -0.39 is 0 Å². The topological polar surface area (TPSA) is 116 Å². The van der Waals surface area contributed by atoms with Crippen molar-refractivity contribution >= 4 is 144 Å². The summed E-state index contributed by atoms with van der Waals surface area (Å²) in [6.07, 6.45) is 14.3. The van der Waals surface area contributed by atoms with Crippen LogP contribution in [0.25, 0.3) is 75.9 Å². The summed E-state index contributed by atoms with van der Waals surface area (Å²) in [5.41, 5.74) is 24.3. The van der Waals surface area contributed by atoms with E-state index in [1.54, 1.807) is 25.3 Å². The van der Waals surface area contributed by atoms with Crippen molar-refractivity contribution in [3.05, 3.63) is 277 Å². The van der Waals surface area contributed by atoms with Gasteiger partial charge in [-0.1, -0.05) is 97.1 Å².